The third-order valence-corrected chi connectivity index (χ3v) is 5.81. The van der Waals surface area contributed by atoms with Crippen molar-refractivity contribution in [2.75, 3.05) is 11.9 Å². The van der Waals surface area contributed by atoms with Gasteiger partial charge in [0.25, 0.3) is 5.56 Å². The van der Waals surface area contributed by atoms with Crippen molar-refractivity contribution < 1.29 is 0 Å². The first-order valence-electron chi connectivity index (χ1n) is 9.60. The number of hydrogen-bond acceptors (Lipinski definition) is 4. The van der Waals surface area contributed by atoms with Crippen molar-refractivity contribution in [3.05, 3.63) is 54.4 Å². The Morgan fingerprint density at radius 2 is 2.00 bits per heavy atom. The van der Waals surface area contributed by atoms with E-state index >= 15 is 0 Å². The number of fused-ring (bicyclic) bond motifs is 1. The third kappa shape index (κ3) is 4.28. The standard InChI is InChI=1S/C20H25BrClN5O2/c1-5-8-26-18(28)16-17(25(4)20(26)29)24-19(21)27(16)11-12(2)10-23-15-9-14(22)7-6-13(15)3/h6-7,9,12,23H,5,8,10-11H2,1-4H3/t12-/m1/s1. The smallest absolute Gasteiger partial charge is 0.332 e. The lowest BCUT2D eigenvalue weighted by atomic mass is 10.1. The van der Waals surface area contributed by atoms with Crippen LogP contribution in [-0.4, -0.2) is 25.2 Å². The average molecular weight is 483 g/mol. The maximum Gasteiger partial charge on any atom is 0.332 e. The molecule has 1 N–H and O–H groups in total. The van der Waals surface area contributed by atoms with Crippen molar-refractivity contribution in [3.63, 3.8) is 0 Å². The predicted octanol–water partition coefficient (Wildman–Crippen LogP) is 3.78. The molecule has 3 rings (SSSR count). The van der Waals surface area contributed by atoms with Crippen LogP contribution in [-0.2, 0) is 20.1 Å². The van der Waals surface area contributed by atoms with E-state index in [1.807, 2.05) is 36.6 Å². The molecule has 0 aliphatic rings. The fourth-order valence-corrected chi connectivity index (χ4v) is 4.04. The summed E-state index contributed by atoms with van der Waals surface area (Å²) < 4.78 is 5.11. The van der Waals surface area contributed by atoms with E-state index in [2.05, 4.69) is 33.2 Å². The molecule has 0 aliphatic carbocycles. The summed E-state index contributed by atoms with van der Waals surface area (Å²) in [5, 5.41) is 4.11. The van der Waals surface area contributed by atoms with E-state index in [4.69, 9.17) is 11.6 Å². The minimum absolute atomic E-state index is 0.193. The van der Waals surface area contributed by atoms with Crippen LogP contribution in [0.3, 0.4) is 0 Å². The largest absolute Gasteiger partial charge is 0.384 e. The summed E-state index contributed by atoms with van der Waals surface area (Å²) in [4.78, 5) is 29.9. The normalized spacial score (nSPS) is 12.5. The lowest BCUT2D eigenvalue weighted by molar-refractivity contribution is 0.502. The molecule has 0 bridgehead atoms. The van der Waals surface area contributed by atoms with E-state index in [1.54, 1.807) is 7.05 Å². The van der Waals surface area contributed by atoms with Crippen LogP contribution >= 0.6 is 27.5 Å². The minimum atomic E-state index is -0.340. The number of nitrogens with one attached hydrogen (secondary N) is 1. The Hall–Kier alpha value is -2.06. The fourth-order valence-electron chi connectivity index (χ4n) is 3.38. The van der Waals surface area contributed by atoms with Crippen molar-refractivity contribution in [1.29, 1.82) is 0 Å². The Morgan fingerprint density at radius 1 is 1.28 bits per heavy atom. The molecule has 0 radical (unpaired) electrons. The number of anilines is 1. The summed E-state index contributed by atoms with van der Waals surface area (Å²) in [6.07, 6.45) is 0.704. The summed E-state index contributed by atoms with van der Waals surface area (Å²) in [6, 6.07) is 5.75. The van der Waals surface area contributed by atoms with Gasteiger partial charge in [-0.15, -0.1) is 0 Å². The second kappa shape index (κ2) is 8.75. The SMILES string of the molecule is CCCn1c(=O)c2c(nc(Br)n2C[C@H](C)CNc2cc(Cl)ccc2C)n(C)c1=O. The maximum atomic E-state index is 13.0. The number of benzene rings is 1. The Kier molecular flexibility index (Phi) is 6.53. The zero-order chi connectivity index (χ0) is 21.3. The lowest BCUT2D eigenvalue weighted by Crippen LogP contribution is -2.39. The molecular formula is C20H25BrClN5O2. The number of nitrogens with zero attached hydrogens (tertiary/aromatic N) is 4. The Balaban J connectivity index is 1.91. The summed E-state index contributed by atoms with van der Waals surface area (Å²) in [7, 11) is 1.65. The highest BCUT2D eigenvalue weighted by Crippen LogP contribution is 2.22. The van der Waals surface area contributed by atoms with Crippen molar-refractivity contribution in [2.45, 2.75) is 40.3 Å². The molecule has 0 unspecified atom stereocenters. The van der Waals surface area contributed by atoms with Crippen LogP contribution < -0.4 is 16.6 Å². The molecule has 29 heavy (non-hydrogen) atoms. The first-order valence-corrected chi connectivity index (χ1v) is 10.8. The Morgan fingerprint density at radius 3 is 2.69 bits per heavy atom. The number of aryl methyl sites for hydroxylation is 2. The number of imidazole rings is 1. The van der Waals surface area contributed by atoms with Crippen LogP contribution in [0.1, 0.15) is 25.8 Å². The Bertz CT molecular complexity index is 1160. The van der Waals surface area contributed by atoms with Crippen LogP contribution in [0.2, 0.25) is 5.02 Å². The second-order valence-electron chi connectivity index (χ2n) is 7.41. The summed E-state index contributed by atoms with van der Waals surface area (Å²) in [5.41, 5.74) is 2.31. The van der Waals surface area contributed by atoms with E-state index < -0.39 is 0 Å². The van der Waals surface area contributed by atoms with Crippen molar-refractivity contribution in [1.82, 2.24) is 18.7 Å². The van der Waals surface area contributed by atoms with Crippen molar-refractivity contribution >= 4 is 44.4 Å². The van der Waals surface area contributed by atoms with E-state index in [0.29, 0.717) is 47.0 Å². The van der Waals surface area contributed by atoms with Crippen LogP contribution in [0, 0.1) is 12.8 Å². The number of halogens is 2. The first kappa shape index (κ1) is 21.6. The molecule has 1 atom stereocenters. The predicted molar refractivity (Wildman–Crippen MR) is 121 cm³/mol. The van der Waals surface area contributed by atoms with Crippen LogP contribution in [0.25, 0.3) is 11.2 Å². The Labute approximate surface area is 182 Å². The van der Waals surface area contributed by atoms with Gasteiger partial charge in [-0.25, -0.2) is 9.78 Å². The number of aromatic nitrogens is 4. The molecule has 0 fully saturated rings. The molecule has 0 amide bonds. The van der Waals surface area contributed by atoms with Gasteiger partial charge in [-0.1, -0.05) is 31.5 Å². The maximum absolute atomic E-state index is 13.0. The molecule has 0 saturated carbocycles. The molecule has 3 aromatic rings. The van der Waals surface area contributed by atoms with E-state index in [1.165, 1.54) is 9.13 Å². The minimum Gasteiger partial charge on any atom is -0.384 e. The quantitative estimate of drug-likeness (QED) is 0.520. The molecule has 156 valence electrons. The number of hydrogen-bond donors (Lipinski definition) is 1. The van der Waals surface area contributed by atoms with Gasteiger partial charge in [0, 0.05) is 37.4 Å². The van der Waals surface area contributed by atoms with Gasteiger partial charge in [0.2, 0.25) is 0 Å². The molecular weight excluding hydrogens is 458 g/mol. The van der Waals surface area contributed by atoms with Gasteiger partial charge in [0.05, 0.1) is 0 Å². The van der Waals surface area contributed by atoms with Crippen LogP contribution in [0.5, 0.6) is 0 Å². The van der Waals surface area contributed by atoms with Gasteiger partial charge in [0.15, 0.2) is 15.9 Å². The molecule has 2 aromatic heterocycles. The van der Waals surface area contributed by atoms with Gasteiger partial charge in [-0.2, -0.15) is 0 Å². The van der Waals surface area contributed by atoms with Gasteiger partial charge in [0.1, 0.15) is 0 Å². The highest BCUT2D eigenvalue weighted by molar-refractivity contribution is 9.10. The van der Waals surface area contributed by atoms with Gasteiger partial charge >= 0.3 is 5.69 Å². The summed E-state index contributed by atoms with van der Waals surface area (Å²) >= 11 is 9.56. The molecule has 0 aliphatic heterocycles. The molecule has 0 saturated heterocycles. The zero-order valence-corrected chi connectivity index (χ0v) is 19.3. The van der Waals surface area contributed by atoms with Crippen LogP contribution in [0.15, 0.2) is 32.5 Å². The van der Waals surface area contributed by atoms with E-state index in [9.17, 15) is 9.59 Å². The van der Waals surface area contributed by atoms with Crippen LogP contribution in [0.4, 0.5) is 5.69 Å². The van der Waals surface area contributed by atoms with Crippen molar-refractivity contribution in [2.24, 2.45) is 13.0 Å². The molecule has 0 spiro atoms. The first-order chi connectivity index (χ1) is 13.7. The van der Waals surface area contributed by atoms with Gasteiger partial charge in [-0.3, -0.25) is 13.9 Å². The highest BCUT2D eigenvalue weighted by Gasteiger charge is 2.20. The van der Waals surface area contributed by atoms with Crippen molar-refractivity contribution in [3.8, 4) is 0 Å². The highest BCUT2D eigenvalue weighted by atomic mass is 79.9. The van der Waals surface area contributed by atoms with Gasteiger partial charge in [-0.05, 0) is 52.9 Å². The molecule has 2 heterocycles. The lowest BCUT2D eigenvalue weighted by Gasteiger charge is -2.17. The zero-order valence-electron chi connectivity index (χ0n) is 17.0. The van der Waals surface area contributed by atoms with E-state index in [0.717, 1.165) is 11.3 Å². The summed E-state index contributed by atoms with van der Waals surface area (Å²) in [6.45, 7) is 7.72. The average Bonchev–Trinajstić information content (AvgIpc) is 3.00. The summed E-state index contributed by atoms with van der Waals surface area (Å²) in [5.74, 6) is 0.193. The second-order valence-corrected chi connectivity index (χ2v) is 8.55. The third-order valence-electron chi connectivity index (χ3n) is 4.97. The molecule has 7 nitrogen and oxygen atoms in total. The fraction of sp³-hybridized carbons (Fsp3) is 0.450. The van der Waals surface area contributed by atoms with E-state index in [-0.39, 0.29) is 17.2 Å². The monoisotopic (exact) mass is 481 g/mol. The topological polar surface area (TPSA) is 73.8 Å². The van der Waals surface area contributed by atoms with Gasteiger partial charge < -0.3 is 9.88 Å². The molecule has 1 aromatic carbocycles. The number of rotatable bonds is 7. The molecule has 9 heteroatoms.